The van der Waals surface area contributed by atoms with E-state index in [4.69, 9.17) is 0 Å². The Kier molecular flexibility index (Phi) is 5.55. The van der Waals surface area contributed by atoms with E-state index in [-0.39, 0.29) is 0 Å². The zero-order chi connectivity index (χ0) is 16.1. The van der Waals surface area contributed by atoms with Crippen LogP contribution in [-0.4, -0.2) is 21.0 Å². The Morgan fingerprint density at radius 3 is 2.83 bits per heavy atom. The first-order valence-corrected chi connectivity index (χ1v) is 9.49. The van der Waals surface area contributed by atoms with Crippen molar-refractivity contribution in [1.29, 1.82) is 0 Å². The molecule has 0 aliphatic carbocycles. The van der Waals surface area contributed by atoms with Crippen molar-refractivity contribution in [2.24, 2.45) is 0 Å². The molecule has 1 fully saturated rings. The van der Waals surface area contributed by atoms with Gasteiger partial charge in [-0.25, -0.2) is 4.98 Å². The molecular formula is C19H24N2OS. The van der Waals surface area contributed by atoms with Gasteiger partial charge in [0.05, 0.1) is 17.1 Å². The highest BCUT2D eigenvalue weighted by molar-refractivity contribution is 8.07. The molecular weight excluding hydrogens is 304 g/mol. The van der Waals surface area contributed by atoms with Gasteiger partial charge in [-0.05, 0) is 18.4 Å². The lowest BCUT2D eigenvalue weighted by atomic mass is 10.1. The van der Waals surface area contributed by atoms with Gasteiger partial charge in [0, 0.05) is 18.1 Å². The number of aromatic nitrogens is 2. The Bertz CT molecular complexity index is 638. The first-order chi connectivity index (χ1) is 11.3. The van der Waals surface area contributed by atoms with Crippen LogP contribution >= 0.6 is 11.8 Å². The van der Waals surface area contributed by atoms with Crippen LogP contribution in [0.2, 0.25) is 0 Å². The summed E-state index contributed by atoms with van der Waals surface area (Å²) >= 11 is 2.01. The van der Waals surface area contributed by atoms with Crippen LogP contribution in [0.3, 0.4) is 0 Å². The van der Waals surface area contributed by atoms with Gasteiger partial charge in [-0.15, -0.1) is 11.8 Å². The standard InChI is InChI=1S/C19H24N2OS/c1-2-15(22)11-7-4-8-12-17-18(23-17)19-20-13-16(21-19)14-9-5-3-6-10-14/h3,5-6,9-10,13,17-18H,2,4,7-8,11-12H2,1H3,(H,20,21). The van der Waals surface area contributed by atoms with Crippen LogP contribution in [0, 0.1) is 0 Å². The molecule has 0 saturated carbocycles. The maximum Gasteiger partial charge on any atom is 0.132 e. The molecule has 3 rings (SSSR count). The van der Waals surface area contributed by atoms with Crippen molar-refractivity contribution >= 4 is 17.5 Å². The number of nitrogens with zero attached hydrogens (tertiary/aromatic N) is 1. The van der Waals surface area contributed by atoms with Gasteiger partial charge in [0.2, 0.25) is 0 Å². The van der Waals surface area contributed by atoms with Crippen molar-refractivity contribution < 1.29 is 4.79 Å². The van der Waals surface area contributed by atoms with Gasteiger partial charge in [0.15, 0.2) is 0 Å². The van der Waals surface area contributed by atoms with E-state index in [1.54, 1.807) is 0 Å². The largest absolute Gasteiger partial charge is 0.341 e. The number of aromatic amines is 1. The lowest BCUT2D eigenvalue weighted by Crippen LogP contribution is -1.95. The molecule has 0 bridgehead atoms. The predicted molar refractivity (Wildman–Crippen MR) is 96.5 cm³/mol. The molecule has 2 unspecified atom stereocenters. The van der Waals surface area contributed by atoms with E-state index < -0.39 is 0 Å². The van der Waals surface area contributed by atoms with Gasteiger partial charge in [0.25, 0.3) is 0 Å². The van der Waals surface area contributed by atoms with E-state index >= 15 is 0 Å². The molecule has 1 aliphatic rings. The van der Waals surface area contributed by atoms with Gasteiger partial charge in [0.1, 0.15) is 11.6 Å². The van der Waals surface area contributed by atoms with Gasteiger partial charge in [-0.3, -0.25) is 4.79 Å². The number of benzene rings is 1. The van der Waals surface area contributed by atoms with E-state index in [9.17, 15) is 4.79 Å². The molecule has 0 radical (unpaired) electrons. The summed E-state index contributed by atoms with van der Waals surface area (Å²) in [6.07, 6.45) is 8.06. The van der Waals surface area contributed by atoms with Crippen molar-refractivity contribution in [3.8, 4) is 11.3 Å². The number of H-pyrrole nitrogens is 1. The molecule has 122 valence electrons. The minimum atomic E-state index is 0.396. The first-order valence-electron chi connectivity index (χ1n) is 8.55. The fourth-order valence-corrected chi connectivity index (χ4v) is 3.97. The van der Waals surface area contributed by atoms with Crippen LogP contribution in [0.15, 0.2) is 36.5 Å². The Morgan fingerprint density at radius 1 is 1.22 bits per heavy atom. The summed E-state index contributed by atoms with van der Waals surface area (Å²) in [5, 5.41) is 1.23. The lowest BCUT2D eigenvalue weighted by Gasteiger charge is -1.99. The van der Waals surface area contributed by atoms with Crippen LogP contribution in [0.5, 0.6) is 0 Å². The Balaban J connectivity index is 1.41. The SMILES string of the molecule is CCC(=O)CCCCCC1SC1c1ncc(-c2ccccc2)[nH]1. The van der Waals surface area contributed by atoms with Gasteiger partial charge in [-0.2, -0.15) is 0 Å². The highest BCUT2D eigenvalue weighted by atomic mass is 32.2. The van der Waals surface area contributed by atoms with Crippen LogP contribution in [0.1, 0.15) is 56.5 Å². The van der Waals surface area contributed by atoms with Crippen molar-refractivity contribution in [1.82, 2.24) is 9.97 Å². The van der Waals surface area contributed by atoms with E-state index in [0.29, 0.717) is 22.7 Å². The number of thioether (sulfide) groups is 1. The number of rotatable bonds is 9. The number of ketones is 1. The molecule has 1 aromatic heterocycles. The Morgan fingerprint density at radius 2 is 2.04 bits per heavy atom. The normalized spacial score (nSPS) is 19.7. The number of imidazole rings is 1. The molecule has 1 N–H and O–H groups in total. The summed E-state index contributed by atoms with van der Waals surface area (Å²) in [4.78, 5) is 19.3. The average Bonchev–Trinajstić information content (AvgIpc) is 3.19. The summed E-state index contributed by atoms with van der Waals surface area (Å²) in [6.45, 7) is 1.95. The minimum absolute atomic E-state index is 0.396. The van der Waals surface area contributed by atoms with E-state index in [1.165, 1.54) is 24.8 Å². The third-order valence-electron chi connectivity index (χ3n) is 4.37. The Labute approximate surface area is 142 Å². The third-order valence-corrected chi connectivity index (χ3v) is 5.76. The van der Waals surface area contributed by atoms with E-state index in [0.717, 1.165) is 24.4 Å². The number of hydrogen-bond donors (Lipinski definition) is 1. The molecule has 4 heteroatoms. The second kappa shape index (κ2) is 7.82. The van der Waals surface area contributed by atoms with Crippen LogP contribution in [-0.2, 0) is 4.79 Å². The zero-order valence-corrected chi connectivity index (χ0v) is 14.4. The molecule has 2 heterocycles. The van der Waals surface area contributed by atoms with Gasteiger partial charge >= 0.3 is 0 Å². The molecule has 0 amide bonds. The average molecular weight is 328 g/mol. The van der Waals surface area contributed by atoms with Crippen molar-refractivity contribution in [3.05, 3.63) is 42.4 Å². The number of nitrogens with one attached hydrogen (secondary N) is 1. The molecule has 0 spiro atoms. The van der Waals surface area contributed by atoms with Crippen LogP contribution in [0.4, 0.5) is 0 Å². The maximum atomic E-state index is 11.3. The molecule has 1 aliphatic heterocycles. The second-order valence-electron chi connectivity index (χ2n) is 6.13. The molecule has 1 saturated heterocycles. The third kappa shape index (κ3) is 4.47. The fraction of sp³-hybridized carbons (Fsp3) is 0.474. The lowest BCUT2D eigenvalue weighted by molar-refractivity contribution is -0.118. The van der Waals surface area contributed by atoms with Crippen molar-refractivity contribution in [2.45, 2.75) is 55.9 Å². The zero-order valence-electron chi connectivity index (χ0n) is 13.6. The van der Waals surface area contributed by atoms with Gasteiger partial charge < -0.3 is 4.98 Å². The predicted octanol–water partition coefficient (Wildman–Crippen LogP) is 5.16. The second-order valence-corrected chi connectivity index (χ2v) is 7.52. The summed E-state index contributed by atoms with van der Waals surface area (Å²) in [7, 11) is 0. The van der Waals surface area contributed by atoms with E-state index in [2.05, 4.69) is 22.1 Å². The first kappa shape index (κ1) is 16.3. The number of Topliss-reactive ketones (excluding diaryl/α,β-unsaturated/α-hetero) is 1. The fourth-order valence-electron chi connectivity index (χ4n) is 2.87. The molecule has 3 nitrogen and oxygen atoms in total. The number of unbranched alkanes of at least 4 members (excludes halogenated alkanes) is 2. The Hall–Kier alpha value is -1.55. The minimum Gasteiger partial charge on any atom is -0.341 e. The molecule has 1 aromatic carbocycles. The summed E-state index contributed by atoms with van der Waals surface area (Å²) < 4.78 is 0. The highest BCUT2D eigenvalue weighted by Crippen LogP contribution is 2.56. The summed E-state index contributed by atoms with van der Waals surface area (Å²) in [5.74, 6) is 1.51. The van der Waals surface area contributed by atoms with E-state index in [1.807, 2.05) is 43.1 Å². The quantitative estimate of drug-likeness (QED) is 0.510. The maximum absolute atomic E-state index is 11.3. The number of hydrogen-bond acceptors (Lipinski definition) is 3. The van der Waals surface area contributed by atoms with Crippen molar-refractivity contribution in [2.75, 3.05) is 0 Å². The van der Waals surface area contributed by atoms with Crippen LogP contribution in [0.25, 0.3) is 11.3 Å². The number of carbonyl (C=O) groups is 1. The van der Waals surface area contributed by atoms with Crippen LogP contribution < -0.4 is 0 Å². The van der Waals surface area contributed by atoms with Gasteiger partial charge in [-0.1, -0.05) is 50.1 Å². The summed E-state index contributed by atoms with van der Waals surface area (Å²) in [6, 6.07) is 10.3. The molecule has 23 heavy (non-hydrogen) atoms. The van der Waals surface area contributed by atoms with Crippen molar-refractivity contribution in [3.63, 3.8) is 0 Å². The topological polar surface area (TPSA) is 45.8 Å². The monoisotopic (exact) mass is 328 g/mol. The molecule has 2 aromatic rings. The molecule has 2 atom stereocenters. The smallest absolute Gasteiger partial charge is 0.132 e. The number of carbonyl (C=O) groups excluding carboxylic acids is 1. The highest BCUT2D eigenvalue weighted by Gasteiger charge is 2.40. The summed E-state index contributed by atoms with van der Waals surface area (Å²) in [5.41, 5.74) is 2.29.